The van der Waals surface area contributed by atoms with Crippen molar-refractivity contribution >= 4 is 22.9 Å². The molecule has 0 saturated carbocycles. The molecule has 8 heteroatoms. The van der Waals surface area contributed by atoms with Crippen LogP contribution in [0.25, 0.3) is 5.57 Å². The van der Waals surface area contributed by atoms with Crippen LogP contribution in [0.15, 0.2) is 30.5 Å². The van der Waals surface area contributed by atoms with Crippen molar-refractivity contribution in [2.24, 2.45) is 0 Å². The lowest BCUT2D eigenvalue weighted by molar-refractivity contribution is -0.115. The molecule has 0 radical (unpaired) electrons. The summed E-state index contributed by atoms with van der Waals surface area (Å²) in [7, 11) is 0. The minimum Gasteiger partial charge on any atom is -0.360 e. The van der Waals surface area contributed by atoms with Gasteiger partial charge in [0.05, 0.1) is 0 Å². The molecular formula is C13H13N7O. The summed E-state index contributed by atoms with van der Waals surface area (Å²) in [6.45, 7) is 1.78. The van der Waals surface area contributed by atoms with Crippen molar-refractivity contribution in [3.8, 4) is 6.07 Å². The number of nitrogens with zero attached hydrogens (tertiary/aromatic N) is 4. The summed E-state index contributed by atoms with van der Waals surface area (Å²) in [5, 5.41) is 27.9. The van der Waals surface area contributed by atoms with Crippen LogP contribution in [0.4, 0.5) is 11.4 Å². The second-order valence-corrected chi connectivity index (χ2v) is 4.03. The summed E-state index contributed by atoms with van der Waals surface area (Å²) >= 11 is 0. The Morgan fingerprint density at radius 2 is 2.29 bits per heavy atom. The fourth-order valence-corrected chi connectivity index (χ4v) is 1.51. The van der Waals surface area contributed by atoms with Gasteiger partial charge in [-0.05, 0) is 23.4 Å². The Labute approximate surface area is 120 Å². The summed E-state index contributed by atoms with van der Waals surface area (Å²) in [5.41, 5.74) is 1.64. The SMILES string of the molecule is CCC(=O)Nc1cccc(NC=C(C#N)c2nn[nH]n2)c1. The van der Waals surface area contributed by atoms with Gasteiger partial charge in [-0.1, -0.05) is 13.0 Å². The van der Waals surface area contributed by atoms with Crippen molar-refractivity contribution in [3.05, 3.63) is 36.3 Å². The standard InChI is InChI=1S/C13H13N7O/c1-2-12(21)16-11-5-3-4-10(6-11)15-8-9(7-14)13-17-19-20-18-13/h3-6,8,15H,2H2,1H3,(H,16,21)(H,17,18,19,20). The summed E-state index contributed by atoms with van der Waals surface area (Å²) in [4.78, 5) is 11.3. The highest BCUT2D eigenvalue weighted by atomic mass is 16.1. The van der Waals surface area contributed by atoms with Gasteiger partial charge in [0.25, 0.3) is 0 Å². The summed E-state index contributed by atoms with van der Waals surface area (Å²) in [5.74, 6) is 0.146. The fraction of sp³-hybridized carbons (Fsp3) is 0.154. The number of amides is 1. The maximum atomic E-state index is 11.3. The highest BCUT2D eigenvalue weighted by Crippen LogP contribution is 2.16. The quantitative estimate of drug-likeness (QED) is 0.716. The van der Waals surface area contributed by atoms with Crippen molar-refractivity contribution in [1.29, 1.82) is 5.26 Å². The molecule has 1 aromatic heterocycles. The number of tetrazole rings is 1. The number of aromatic nitrogens is 4. The van der Waals surface area contributed by atoms with Crippen LogP contribution in [0.3, 0.4) is 0 Å². The molecule has 0 spiro atoms. The van der Waals surface area contributed by atoms with E-state index < -0.39 is 0 Å². The number of aromatic amines is 1. The third-order valence-corrected chi connectivity index (χ3v) is 2.56. The molecule has 1 heterocycles. The van der Waals surface area contributed by atoms with E-state index in [1.807, 2.05) is 12.1 Å². The van der Waals surface area contributed by atoms with Crippen LogP contribution >= 0.6 is 0 Å². The van der Waals surface area contributed by atoms with Crippen molar-refractivity contribution < 1.29 is 4.79 Å². The largest absolute Gasteiger partial charge is 0.360 e. The Kier molecular flexibility index (Phi) is 4.61. The average molecular weight is 283 g/mol. The molecule has 1 amide bonds. The Morgan fingerprint density at radius 1 is 1.48 bits per heavy atom. The van der Waals surface area contributed by atoms with Crippen LogP contribution in [0, 0.1) is 11.3 Å². The van der Waals surface area contributed by atoms with Crippen LogP contribution in [-0.2, 0) is 4.79 Å². The lowest BCUT2D eigenvalue weighted by atomic mass is 10.2. The van der Waals surface area contributed by atoms with Crippen LogP contribution in [-0.4, -0.2) is 26.5 Å². The number of carbonyl (C=O) groups is 1. The van der Waals surface area contributed by atoms with E-state index in [-0.39, 0.29) is 17.3 Å². The monoisotopic (exact) mass is 283 g/mol. The minimum atomic E-state index is -0.0628. The van der Waals surface area contributed by atoms with Gasteiger partial charge in [0.1, 0.15) is 11.6 Å². The molecule has 106 valence electrons. The van der Waals surface area contributed by atoms with Gasteiger partial charge in [0, 0.05) is 24.0 Å². The highest BCUT2D eigenvalue weighted by molar-refractivity contribution is 5.91. The molecule has 0 saturated heterocycles. The van der Waals surface area contributed by atoms with Gasteiger partial charge in [-0.15, -0.1) is 10.2 Å². The molecule has 0 fully saturated rings. The number of anilines is 2. The van der Waals surface area contributed by atoms with Crippen molar-refractivity contribution in [1.82, 2.24) is 20.6 Å². The Balaban J connectivity index is 2.11. The maximum Gasteiger partial charge on any atom is 0.224 e. The van der Waals surface area contributed by atoms with Crippen LogP contribution in [0.1, 0.15) is 19.2 Å². The number of carbonyl (C=O) groups excluding carboxylic acids is 1. The van der Waals surface area contributed by atoms with Crippen LogP contribution < -0.4 is 10.6 Å². The van der Waals surface area contributed by atoms with E-state index in [0.717, 1.165) is 5.69 Å². The molecule has 2 aromatic rings. The highest BCUT2D eigenvalue weighted by Gasteiger charge is 2.05. The molecule has 0 aliphatic carbocycles. The number of allylic oxidation sites excluding steroid dienone is 1. The summed E-state index contributed by atoms with van der Waals surface area (Å²) < 4.78 is 0. The molecule has 0 bridgehead atoms. The zero-order valence-corrected chi connectivity index (χ0v) is 11.3. The van der Waals surface area contributed by atoms with E-state index in [0.29, 0.717) is 12.1 Å². The molecule has 1 aromatic carbocycles. The zero-order chi connectivity index (χ0) is 15.1. The average Bonchev–Trinajstić information content (AvgIpc) is 3.02. The van der Waals surface area contributed by atoms with Gasteiger partial charge in [-0.2, -0.15) is 10.5 Å². The van der Waals surface area contributed by atoms with E-state index in [1.54, 1.807) is 25.1 Å². The first-order valence-corrected chi connectivity index (χ1v) is 6.23. The van der Waals surface area contributed by atoms with E-state index in [2.05, 4.69) is 31.3 Å². The van der Waals surface area contributed by atoms with Crippen molar-refractivity contribution in [2.45, 2.75) is 13.3 Å². The fourth-order valence-electron chi connectivity index (χ4n) is 1.51. The zero-order valence-electron chi connectivity index (χ0n) is 11.3. The van der Waals surface area contributed by atoms with E-state index in [1.165, 1.54) is 6.20 Å². The van der Waals surface area contributed by atoms with Gasteiger partial charge in [0.2, 0.25) is 11.7 Å². The van der Waals surface area contributed by atoms with Gasteiger partial charge in [0.15, 0.2) is 0 Å². The number of hydrogen-bond donors (Lipinski definition) is 3. The molecule has 0 aliphatic heterocycles. The van der Waals surface area contributed by atoms with Crippen molar-refractivity contribution in [2.75, 3.05) is 10.6 Å². The molecule has 0 aliphatic rings. The first-order valence-electron chi connectivity index (χ1n) is 6.23. The van der Waals surface area contributed by atoms with E-state index >= 15 is 0 Å². The molecule has 3 N–H and O–H groups in total. The molecule has 8 nitrogen and oxygen atoms in total. The Bertz CT molecular complexity index is 685. The smallest absolute Gasteiger partial charge is 0.224 e. The molecule has 21 heavy (non-hydrogen) atoms. The van der Waals surface area contributed by atoms with Gasteiger partial charge >= 0.3 is 0 Å². The number of rotatable bonds is 5. The van der Waals surface area contributed by atoms with E-state index in [9.17, 15) is 4.79 Å². The summed E-state index contributed by atoms with van der Waals surface area (Å²) in [6, 6.07) is 9.12. The van der Waals surface area contributed by atoms with Gasteiger partial charge in [-0.3, -0.25) is 4.79 Å². The molecular weight excluding hydrogens is 270 g/mol. The Hall–Kier alpha value is -3.21. The second kappa shape index (κ2) is 6.81. The lowest BCUT2D eigenvalue weighted by Crippen LogP contribution is -2.09. The third kappa shape index (κ3) is 3.87. The third-order valence-electron chi connectivity index (χ3n) is 2.56. The number of nitrogens with one attached hydrogen (secondary N) is 3. The number of nitriles is 1. The second-order valence-electron chi connectivity index (χ2n) is 4.03. The molecule has 2 rings (SSSR count). The minimum absolute atomic E-state index is 0.0628. The number of hydrogen-bond acceptors (Lipinski definition) is 6. The van der Waals surface area contributed by atoms with Gasteiger partial charge < -0.3 is 10.6 Å². The van der Waals surface area contributed by atoms with Crippen LogP contribution in [0.2, 0.25) is 0 Å². The molecule has 0 unspecified atom stereocenters. The lowest BCUT2D eigenvalue weighted by Gasteiger charge is -2.06. The van der Waals surface area contributed by atoms with Gasteiger partial charge in [-0.25, -0.2) is 0 Å². The maximum absolute atomic E-state index is 11.3. The number of H-pyrrole nitrogens is 1. The first kappa shape index (κ1) is 14.2. The van der Waals surface area contributed by atoms with Crippen LogP contribution in [0.5, 0.6) is 0 Å². The van der Waals surface area contributed by atoms with E-state index in [4.69, 9.17) is 5.26 Å². The summed E-state index contributed by atoms with van der Waals surface area (Å²) in [6.07, 6.45) is 1.89. The normalized spacial score (nSPS) is 10.8. The van der Waals surface area contributed by atoms with Crippen molar-refractivity contribution in [3.63, 3.8) is 0 Å². The topological polar surface area (TPSA) is 119 Å². The predicted molar refractivity (Wildman–Crippen MR) is 76.8 cm³/mol. The Morgan fingerprint density at radius 3 is 2.95 bits per heavy atom. The number of benzene rings is 1. The predicted octanol–water partition coefficient (Wildman–Crippen LogP) is 1.52. The molecule has 0 atom stereocenters. The first-order chi connectivity index (χ1) is 10.2.